The molecule has 0 spiro atoms. The topological polar surface area (TPSA) is 70.7 Å². The first-order valence-electron chi connectivity index (χ1n) is 7.55. The van der Waals surface area contributed by atoms with E-state index in [9.17, 15) is 9.59 Å². The van der Waals surface area contributed by atoms with Crippen molar-refractivity contribution in [2.45, 2.75) is 39.8 Å². The van der Waals surface area contributed by atoms with Gasteiger partial charge in [0.1, 0.15) is 5.75 Å². The molecule has 1 aromatic rings. The van der Waals surface area contributed by atoms with E-state index in [1.165, 1.54) is 0 Å². The van der Waals surface area contributed by atoms with Gasteiger partial charge in [-0.05, 0) is 51.9 Å². The lowest BCUT2D eigenvalue weighted by Crippen LogP contribution is -2.50. The van der Waals surface area contributed by atoms with E-state index in [0.29, 0.717) is 6.54 Å². The molecular formula is C17H27N3O3. The van der Waals surface area contributed by atoms with Crippen molar-refractivity contribution in [3.8, 4) is 5.75 Å². The van der Waals surface area contributed by atoms with Gasteiger partial charge in [0.05, 0.1) is 13.7 Å². The summed E-state index contributed by atoms with van der Waals surface area (Å²) in [6.45, 7) is 8.30. The van der Waals surface area contributed by atoms with Crippen molar-refractivity contribution in [1.29, 1.82) is 0 Å². The van der Waals surface area contributed by atoms with E-state index in [1.807, 2.05) is 57.8 Å². The first-order chi connectivity index (χ1) is 10.6. The van der Waals surface area contributed by atoms with Crippen LogP contribution >= 0.6 is 0 Å². The smallest absolute Gasteiger partial charge is 0.321 e. The minimum Gasteiger partial charge on any atom is -0.496 e. The highest BCUT2D eigenvalue weighted by Gasteiger charge is 2.16. The highest BCUT2D eigenvalue weighted by molar-refractivity contribution is 5.95. The molecule has 3 amide bonds. The molecule has 0 unspecified atom stereocenters. The number of hydrogen-bond donors (Lipinski definition) is 2. The average molecular weight is 321 g/mol. The van der Waals surface area contributed by atoms with Crippen molar-refractivity contribution in [2.75, 3.05) is 20.7 Å². The van der Waals surface area contributed by atoms with Gasteiger partial charge in [-0.15, -0.1) is 0 Å². The number of rotatable bonds is 5. The molecule has 0 aliphatic carbocycles. The summed E-state index contributed by atoms with van der Waals surface area (Å²) in [7, 11) is 3.47. The molecule has 0 bridgehead atoms. The van der Waals surface area contributed by atoms with Gasteiger partial charge in [-0.2, -0.15) is 0 Å². The number of carbonyl (C=O) groups is 2. The van der Waals surface area contributed by atoms with Gasteiger partial charge >= 0.3 is 6.03 Å². The predicted molar refractivity (Wildman–Crippen MR) is 90.5 cm³/mol. The number of hydrogen-bond acceptors (Lipinski definition) is 4. The molecule has 0 atom stereocenters. The lowest BCUT2D eigenvalue weighted by molar-refractivity contribution is -0.121. The zero-order chi connectivity index (χ0) is 17.6. The standard InChI is InChI=1S/C17H27N3O3/c1-12-9-13(7-8-14(12)23-6)10-20(5)11-15(21)18-16(22)19-17(2,3)4/h7-9H,10-11H2,1-6H3,(H2,18,19,21,22). The van der Waals surface area contributed by atoms with Gasteiger partial charge < -0.3 is 10.1 Å². The molecule has 0 aliphatic rings. The molecule has 0 saturated carbocycles. The second kappa shape index (κ2) is 7.97. The third-order valence-electron chi connectivity index (χ3n) is 3.07. The van der Waals surface area contributed by atoms with Crippen molar-refractivity contribution in [3.63, 3.8) is 0 Å². The van der Waals surface area contributed by atoms with Crippen LogP contribution in [0.4, 0.5) is 4.79 Å². The second-order valence-electron chi connectivity index (χ2n) is 6.73. The van der Waals surface area contributed by atoms with Crippen LogP contribution in [0.2, 0.25) is 0 Å². The molecule has 0 aromatic heterocycles. The van der Waals surface area contributed by atoms with Crippen LogP contribution in [0.5, 0.6) is 5.75 Å². The number of likely N-dealkylation sites (N-methyl/N-ethyl adjacent to an activating group) is 1. The van der Waals surface area contributed by atoms with E-state index in [1.54, 1.807) is 7.11 Å². The first kappa shape index (κ1) is 19.0. The molecule has 2 N–H and O–H groups in total. The summed E-state index contributed by atoms with van der Waals surface area (Å²) in [5.41, 5.74) is 1.75. The fraction of sp³-hybridized carbons (Fsp3) is 0.529. The van der Waals surface area contributed by atoms with Crippen LogP contribution in [-0.2, 0) is 11.3 Å². The third-order valence-corrected chi connectivity index (χ3v) is 3.07. The Hall–Kier alpha value is -2.08. The van der Waals surface area contributed by atoms with Gasteiger partial charge in [0.25, 0.3) is 0 Å². The maximum Gasteiger partial charge on any atom is 0.321 e. The lowest BCUT2D eigenvalue weighted by atomic mass is 10.1. The molecule has 128 valence electrons. The summed E-state index contributed by atoms with van der Waals surface area (Å²) < 4.78 is 5.23. The highest BCUT2D eigenvalue weighted by Crippen LogP contribution is 2.19. The van der Waals surface area contributed by atoms with Gasteiger partial charge in [-0.3, -0.25) is 15.0 Å². The van der Waals surface area contributed by atoms with Crippen LogP contribution in [0.25, 0.3) is 0 Å². The SMILES string of the molecule is COc1ccc(CN(C)CC(=O)NC(=O)NC(C)(C)C)cc1C. The summed E-state index contributed by atoms with van der Waals surface area (Å²) in [5.74, 6) is 0.507. The van der Waals surface area contributed by atoms with Crippen molar-refractivity contribution in [2.24, 2.45) is 0 Å². The normalized spacial score (nSPS) is 11.3. The molecule has 23 heavy (non-hydrogen) atoms. The number of amides is 3. The molecule has 0 radical (unpaired) electrons. The van der Waals surface area contributed by atoms with Gasteiger partial charge in [0.2, 0.25) is 5.91 Å². The zero-order valence-electron chi connectivity index (χ0n) is 14.8. The Morgan fingerprint density at radius 3 is 2.43 bits per heavy atom. The summed E-state index contributed by atoms with van der Waals surface area (Å²) in [4.78, 5) is 25.4. The van der Waals surface area contributed by atoms with Gasteiger partial charge in [0, 0.05) is 12.1 Å². The molecule has 0 saturated heterocycles. The Bertz CT molecular complexity index is 565. The molecule has 0 heterocycles. The van der Waals surface area contributed by atoms with Gasteiger partial charge in [-0.1, -0.05) is 12.1 Å². The van der Waals surface area contributed by atoms with E-state index in [2.05, 4.69) is 10.6 Å². The second-order valence-corrected chi connectivity index (χ2v) is 6.73. The average Bonchev–Trinajstić information content (AvgIpc) is 2.35. The van der Waals surface area contributed by atoms with Crippen LogP contribution in [0.1, 0.15) is 31.9 Å². The van der Waals surface area contributed by atoms with Crippen molar-refractivity contribution >= 4 is 11.9 Å². The summed E-state index contributed by atoms with van der Waals surface area (Å²) in [6, 6.07) is 5.43. The van der Waals surface area contributed by atoms with Crippen LogP contribution in [-0.4, -0.2) is 43.1 Å². The summed E-state index contributed by atoms with van der Waals surface area (Å²) >= 11 is 0. The number of nitrogens with one attached hydrogen (secondary N) is 2. The number of nitrogens with zero attached hydrogens (tertiary/aromatic N) is 1. The fourth-order valence-corrected chi connectivity index (χ4v) is 2.19. The Balaban J connectivity index is 2.50. The Kier molecular flexibility index (Phi) is 6.57. The van der Waals surface area contributed by atoms with Crippen LogP contribution < -0.4 is 15.4 Å². The molecular weight excluding hydrogens is 294 g/mol. The van der Waals surface area contributed by atoms with Gasteiger partial charge in [0.15, 0.2) is 0 Å². The Morgan fingerprint density at radius 1 is 1.26 bits per heavy atom. The maximum absolute atomic E-state index is 11.9. The minimum absolute atomic E-state index is 0.142. The van der Waals surface area contributed by atoms with Crippen LogP contribution in [0, 0.1) is 6.92 Å². The maximum atomic E-state index is 11.9. The van der Waals surface area contributed by atoms with E-state index in [4.69, 9.17) is 4.74 Å². The van der Waals surface area contributed by atoms with Crippen molar-refractivity contribution in [3.05, 3.63) is 29.3 Å². The van der Waals surface area contributed by atoms with Crippen LogP contribution in [0.3, 0.4) is 0 Å². The molecule has 0 fully saturated rings. The zero-order valence-corrected chi connectivity index (χ0v) is 14.8. The van der Waals surface area contributed by atoms with E-state index in [0.717, 1.165) is 16.9 Å². The molecule has 6 heteroatoms. The highest BCUT2D eigenvalue weighted by atomic mass is 16.5. The Labute approximate surface area is 138 Å². The van der Waals surface area contributed by atoms with E-state index < -0.39 is 6.03 Å². The van der Waals surface area contributed by atoms with E-state index in [-0.39, 0.29) is 18.0 Å². The summed E-state index contributed by atoms with van der Waals surface area (Å²) in [5, 5.41) is 5.02. The largest absolute Gasteiger partial charge is 0.496 e. The number of methoxy groups -OCH3 is 1. The monoisotopic (exact) mass is 321 g/mol. The summed E-state index contributed by atoms with van der Waals surface area (Å²) in [6.07, 6.45) is 0. The van der Waals surface area contributed by atoms with Gasteiger partial charge in [-0.25, -0.2) is 4.79 Å². The molecule has 0 aliphatic heterocycles. The van der Waals surface area contributed by atoms with E-state index >= 15 is 0 Å². The number of aryl methyl sites for hydroxylation is 1. The fourth-order valence-electron chi connectivity index (χ4n) is 2.19. The molecule has 1 aromatic carbocycles. The molecule has 1 rings (SSSR count). The minimum atomic E-state index is -0.476. The first-order valence-corrected chi connectivity index (χ1v) is 7.55. The quantitative estimate of drug-likeness (QED) is 0.871. The number of carbonyl (C=O) groups excluding carboxylic acids is 2. The Morgan fingerprint density at radius 2 is 1.91 bits per heavy atom. The van der Waals surface area contributed by atoms with Crippen molar-refractivity contribution in [1.82, 2.24) is 15.5 Å². The molecule has 6 nitrogen and oxygen atoms in total. The number of ether oxygens (including phenoxy) is 1. The van der Waals surface area contributed by atoms with Crippen LogP contribution in [0.15, 0.2) is 18.2 Å². The number of imide groups is 1. The van der Waals surface area contributed by atoms with Crippen molar-refractivity contribution < 1.29 is 14.3 Å². The number of benzene rings is 1. The third kappa shape index (κ3) is 7.15. The number of urea groups is 1. The lowest BCUT2D eigenvalue weighted by Gasteiger charge is -2.21. The predicted octanol–water partition coefficient (Wildman–Crippen LogP) is 2.06.